The van der Waals surface area contributed by atoms with E-state index in [2.05, 4.69) is 46.5 Å². The molecule has 1 atom stereocenters. The highest BCUT2D eigenvalue weighted by Gasteiger charge is 2.11. The van der Waals surface area contributed by atoms with Gasteiger partial charge in [-0.3, -0.25) is 0 Å². The van der Waals surface area contributed by atoms with Crippen molar-refractivity contribution in [1.82, 2.24) is 5.32 Å². The second kappa shape index (κ2) is 4.54. The van der Waals surface area contributed by atoms with E-state index in [0.29, 0.717) is 11.3 Å². The molecule has 0 saturated heterocycles. The molecule has 1 unspecified atom stereocenters. The maximum Gasteiger partial charge on any atom is 0.0192 e. The first-order chi connectivity index (χ1) is 5.37. The molecule has 0 bridgehead atoms. The third-order valence-corrected chi connectivity index (χ3v) is 2.05. The smallest absolute Gasteiger partial charge is 0.0192 e. The minimum Gasteiger partial charge on any atom is -0.388 e. The third-order valence-electron chi connectivity index (χ3n) is 2.05. The monoisotopic (exact) mass is 169 g/mol. The van der Waals surface area contributed by atoms with Gasteiger partial charge in [0.25, 0.3) is 0 Å². The Hall–Kier alpha value is -0.460. The van der Waals surface area contributed by atoms with Crippen molar-refractivity contribution in [3.63, 3.8) is 0 Å². The van der Waals surface area contributed by atoms with Crippen LogP contribution in [0.25, 0.3) is 0 Å². The van der Waals surface area contributed by atoms with Gasteiger partial charge in [0.05, 0.1) is 0 Å². The maximum absolute atomic E-state index is 4.02. The van der Waals surface area contributed by atoms with Crippen LogP contribution in [0.3, 0.4) is 0 Å². The SMILES string of the molecule is C=C(NCC(C)(C)C)C(C)CC. The van der Waals surface area contributed by atoms with E-state index in [1.54, 1.807) is 0 Å². The Morgan fingerprint density at radius 1 is 1.42 bits per heavy atom. The van der Waals surface area contributed by atoms with Crippen LogP contribution in [0.15, 0.2) is 12.3 Å². The fraction of sp³-hybridized carbons (Fsp3) is 0.818. The van der Waals surface area contributed by atoms with Crippen molar-refractivity contribution in [3.8, 4) is 0 Å². The van der Waals surface area contributed by atoms with Gasteiger partial charge in [-0.1, -0.05) is 41.2 Å². The Bertz CT molecular complexity index is 142. The van der Waals surface area contributed by atoms with Crippen LogP contribution in [0.4, 0.5) is 0 Å². The lowest BCUT2D eigenvalue weighted by Gasteiger charge is -2.23. The molecular formula is C11H23N. The lowest BCUT2D eigenvalue weighted by molar-refractivity contribution is 0.386. The molecule has 0 aliphatic rings. The molecule has 0 rings (SSSR count). The van der Waals surface area contributed by atoms with Gasteiger partial charge in [0.15, 0.2) is 0 Å². The van der Waals surface area contributed by atoms with Gasteiger partial charge in [0.1, 0.15) is 0 Å². The number of nitrogens with one attached hydrogen (secondary N) is 1. The summed E-state index contributed by atoms with van der Waals surface area (Å²) in [6.45, 7) is 16.1. The minimum absolute atomic E-state index is 0.344. The highest BCUT2D eigenvalue weighted by atomic mass is 14.9. The first-order valence-corrected chi connectivity index (χ1v) is 4.79. The molecule has 0 aromatic carbocycles. The zero-order valence-corrected chi connectivity index (χ0v) is 9.20. The Morgan fingerprint density at radius 3 is 2.25 bits per heavy atom. The van der Waals surface area contributed by atoms with Gasteiger partial charge in [-0.15, -0.1) is 0 Å². The molecule has 0 radical (unpaired) electrons. The molecule has 1 heteroatoms. The van der Waals surface area contributed by atoms with Crippen LogP contribution in [0.5, 0.6) is 0 Å². The molecule has 72 valence electrons. The Labute approximate surface area is 77.2 Å². The van der Waals surface area contributed by atoms with E-state index in [4.69, 9.17) is 0 Å². The molecule has 0 aliphatic heterocycles. The first kappa shape index (κ1) is 11.5. The van der Waals surface area contributed by atoms with E-state index in [9.17, 15) is 0 Å². The second-order valence-corrected chi connectivity index (χ2v) is 4.75. The lowest BCUT2D eigenvalue weighted by atomic mass is 9.96. The van der Waals surface area contributed by atoms with E-state index in [-0.39, 0.29) is 0 Å². The maximum atomic E-state index is 4.02. The topological polar surface area (TPSA) is 12.0 Å². The number of rotatable bonds is 4. The summed E-state index contributed by atoms with van der Waals surface area (Å²) in [7, 11) is 0. The van der Waals surface area contributed by atoms with Crippen molar-refractivity contribution >= 4 is 0 Å². The molecule has 0 aromatic rings. The van der Waals surface area contributed by atoms with Crippen LogP contribution < -0.4 is 5.32 Å². The van der Waals surface area contributed by atoms with Crippen LogP contribution in [0.2, 0.25) is 0 Å². The molecule has 1 N–H and O–H groups in total. The first-order valence-electron chi connectivity index (χ1n) is 4.79. The summed E-state index contributed by atoms with van der Waals surface area (Å²) in [5.74, 6) is 0.590. The Morgan fingerprint density at radius 2 is 1.92 bits per heavy atom. The van der Waals surface area contributed by atoms with E-state index >= 15 is 0 Å². The molecule has 0 saturated carbocycles. The van der Waals surface area contributed by atoms with Gasteiger partial charge < -0.3 is 5.32 Å². The molecule has 12 heavy (non-hydrogen) atoms. The summed E-state index contributed by atoms with van der Waals surface area (Å²) < 4.78 is 0. The quantitative estimate of drug-likeness (QED) is 0.681. The van der Waals surface area contributed by atoms with Gasteiger partial charge in [-0.25, -0.2) is 0 Å². The van der Waals surface area contributed by atoms with Crippen LogP contribution in [0, 0.1) is 11.3 Å². The van der Waals surface area contributed by atoms with Crippen molar-refractivity contribution in [3.05, 3.63) is 12.3 Å². The summed E-state index contributed by atoms with van der Waals surface area (Å²) in [6, 6.07) is 0. The number of hydrogen-bond donors (Lipinski definition) is 1. The van der Waals surface area contributed by atoms with Crippen molar-refractivity contribution in [1.29, 1.82) is 0 Å². The van der Waals surface area contributed by atoms with E-state index in [0.717, 1.165) is 13.0 Å². The highest BCUT2D eigenvalue weighted by Crippen LogP contribution is 2.14. The largest absolute Gasteiger partial charge is 0.388 e. The summed E-state index contributed by atoms with van der Waals surface area (Å²) >= 11 is 0. The average Bonchev–Trinajstić information content (AvgIpc) is 1.97. The lowest BCUT2D eigenvalue weighted by Crippen LogP contribution is -2.28. The Kier molecular flexibility index (Phi) is 4.36. The predicted molar refractivity (Wildman–Crippen MR) is 56.1 cm³/mol. The van der Waals surface area contributed by atoms with Crippen LogP contribution >= 0.6 is 0 Å². The Balaban J connectivity index is 3.72. The van der Waals surface area contributed by atoms with E-state index < -0.39 is 0 Å². The summed E-state index contributed by atoms with van der Waals surface area (Å²) in [5.41, 5.74) is 1.52. The molecular weight excluding hydrogens is 146 g/mol. The van der Waals surface area contributed by atoms with Crippen molar-refractivity contribution < 1.29 is 0 Å². The summed E-state index contributed by atoms with van der Waals surface area (Å²) in [6.07, 6.45) is 1.16. The average molecular weight is 169 g/mol. The summed E-state index contributed by atoms with van der Waals surface area (Å²) in [5, 5.41) is 3.38. The van der Waals surface area contributed by atoms with Gasteiger partial charge in [-0.05, 0) is 17.8 Å². The van der Waals surface area contributed by atoms with Gasteiger partial charge in [0, 0.05) is 12.2 Å². The molecule has 1 nitrogen and oxygen atoms in total. The molecule has 0 aromatic heterocycles. The third kappa shape index (κ3) is 5.22. The second-order valence-electron chi connectivity index (χ2n) is 4.75. The van der Waals surface area contributed by atoms with Crippen LogP contribution in [-0.2, 0) is 0 Å². The summed E-state index contributed by atoms with van der Waals surface area (Å²) in [4.78, 5) is 0. The van der Waals surface area contributed by atoms with Crippen LogP contribution in [-0.4, -0.2) is 6.54 Å². The van der Waals surface area contributed by atoms with Gasteiger partial charge in [-0.2, -0.15) is 0 Å². The zero-order valence-electron chi connectivity index (χ0n) is 9.20. The van der Waals surface area contributed by atoms with Crippen molar-refractivity contribution in [2.75, 3.05) is 6.54 Å². The standard InChI is InChI=1S/C11H23N/c1-7-9(2)10(3)12-8-11(4,5)6/h9,12H,3,7-8H2,1-2,4-6H3. The predicted octanol–water partition coefficient (Wildman–Crippen LogP) is 3.18. The fourth-order valence-electron chi connectivity index (χ4n) is 0.799. The van der Waals surface area contributed by atoms with Gasteiger partial charge >= 0.3 is 0 Å². The zero-order chi connectivity index (χ0) is 9.78. The molecule has 0 aliphatic carbocycles. The minimum atomic E-state index is 0.344. The van der Waals surface area contributed by atoms with Crippen LogP contribution in [0.1, 0.15) is 41.0 Å². The van der Waals surface area contributed by atoms with Crippen molar-refractivity contribution in [2.45, 2.75) is 41.0 Å². The fourth-order valence-corrected chi connectivity index (χ4v) is 0.799. The number of allylic oxidation sites excluding steroid dienone is 1. The molecule has 0 heterocycles. The highest BCUT2D eigenvalue weighted by molar-refractivity contribution is 4.96. The molecule has 0 fully saturated rings. The van der Waals surface area contributed by atoms with E-state index in [1.165, 1.54) is 5.70 Å². The normalized spacial score (nSPS) is 14.1. The molecule has 0 spiro atoms. The van der Waals surface area contributed by atoms with Crippen molar-refractivity contribution in [2.24, 2.45) is 11.3 Å². The van der Waals surface area contributed by atoms with Gasteiger partial charge in [0.2, 0.25) is 0 Å². The van der Waals surface area contributed by atoms with E-state index in [1.807, 2.05) is 0 Å². The number of hydrogen-bond acceptors (Lipinski definition) is 1. The molecule has 0 amide bonds.